The second-order valence-electron chi connectivity index (χ2n) is 6.38. The summed E-state index contributed by atoms with van der Waals surface area (Å²) in [5.41, 5.74) is 0. The summed E-state index contributed by atoms with van der Waals surface area (Å²) in [5.74, 6) is 1.85. The molecule has 4 nitrogen and oxygen atoms in total. The van der Waals surface area contributed by atoms with Crippen LogP contribution < -0.4 is 0 Å². The van der Waals surface area contributed by atoms with Crippen molar-refractivity contribution in [3.05, 3.63) is 13.2 Å². The van der Waals surface area contributed by atoms with Gasteiger partial charge in [0, 0.05) is 6.42 Å². The highest BCUT2D eigenvalue weighted by Crippen LogP contribution is 2.13. The number of rotatable bonds is 16. The number of carbonyl (C=O) groups is 1. The van der Waals surface area contributed by atoms with E-state index in [1.54, 1.807) is 0 Å². The predicted molar refractivity (Wildman–Crippen MR) is 110 cm³/mol. The average molecular weight is 369 g/mol. The molecule has 0 radical (unpaired) electrons. The van der Waals surface area contributed by atoms with Crippen LogP contribution in [0.3, 0.4) is 0 Å². The second-order valence-corrected chi connectivity index (χ2v) is 6.38. The highest BCUT2D eigenvalue weighted by Gasteiger charge is 1.97. The molecule has 26 heavy (non-hydrogen) atoms. The molecule has 0 atom stereocenters. The van der Waals surface area contributed by atoms with E-state index in [9.17, 15) is 4.79 Å². The number of aliphatic carboxylic acids is 1. The minimum atomic E-state index is -0.653. The maximum atomic E-state index is 10.3. The zero-order chi connectivity index (χ0) is 20.3. The zero-order valence-corrected chi connectivity index (χ0v) is 16.9. The Morgan fingerprint density at radius 1 is 0.654 bits per heavy atom. The van der Waals surface area contributed by atoms with Gasteiger partial charge in [-0.3, -0.25) is 4.79 Å². The molecule has 0 bridgehead atoms. The van der Waals surface area contributed by atoms with Crippen LogP contribution >= 0.6 is 0 Å². The molecule has 0 aromatic rings. The van der Waals surface area contributed by atoms with Gasteiger partial charge in [-0.05, 0) is 19.6 Å². The molecule has 0 aliphatic heterocycles. The van der Waals surface area contributed by atoms with Crippen molar-refractivity contribution in [2.45, 2.75) is 110 Å². The van der Waals surface area contributed by atoms with Crippen molar-refractivity contribution in [2.24, 2.45) is 0 Å². The smallest absolute Gasteiger partial charge is 0.303 e. The Kier molecular flexibility index (Phi) is 34.9. The van der Waals surface area contributed by atoms with E-state index >= 15 is 0 Å². The molecule has 0 unspecified atom stereocenters. The zero-order valence-electron chi connectivity index (χ0n) is 16.9. The normalized spacial score (nSPS) is 8.96. The van der Waals surface area contributed by atoms with E-state index in [0.717, 1.165) is 12.8 Å². The van der Waals surface area contributed by atoms with Crippen LogP contribution in [0.5, 0.6) is 0 Å². The van der Waals surface area contributed by atoms with E-state index in [-0.39, 0.29) is 0 Å². The van der Waals surface area contributed by atoms with Gasteiger partial charge in [-0.2, -0.15) is 0 Å². The summed E-state index contributed by atoms with van der Waals surface area (Å²) in [5, 5.41) is 8.52. The van der Waals surface area contributed by atoms with E-state index < -0.39 is 5.97 Å². The molecule has 152 valence electrons. The highest BCUT2D eigenvalue weighted by atomic mass is 16.4. The van der Waals surface area contributed by atoms with Gasteiger partial charge in [0.05, 0.1) is 0 Å². The first kappa shape index (κ1) is 29.1. The SMILES string of the molecule is C=C=O.C=C=O.CCCCCCCCCCCCCCCCCC(=O)O. The van der Waals surface area contributed by atoms with Gasteiger partial charge in [0.1, 0.15) is 11.9 Å². The molecule has 0 spiro atoms. The molecule has 0 aliphatic carbocycles. The van der Waals surface area contributed by atoms with Crippen molar-refractivity contribution in [3.63, 3.8) is 0 Å². The molecule has 0 aromatic carbocycles. The maximum Gasteiger partial charge on any atom is 0.303 e. The van der Waals surface area contributed by atoms with E-state index in [1.165, 1.54) is 95.4 Å². The van der Waals surface area contributed by atoms with Crippen molar-refractivity contribution in [3.8, 4) is 0 Å². The third-order valence-electron chi connectivity index (χ3n) is 3.99. The molecule has 0 amide bonds. The van der Waals surface area contributed by atoms with Crippen molar-refractivity contribution < 1.29 is 19.5 Å². The van der Waals surface area contributed by atoms with E-state index in [0.29, 0.717) is 6.42 Å². The standard InChI is InChI=1S/C18H36O2.2C2H2O/c1-2-3-4-5-6-7-8-9-10-11-12-13-14-15-16-17-18(19)20;2*1-2-3/h2-17H2,1H3,(H,19,20);2*1H2. The van der Waals surface area contributed by atoms with Gasteiger partial charge < -0.3 is 5.11 Å². The van der Waals surface area contributed by atoms with Gasteiger partial charge in [-0.15, -0.1) is 0 Å². The summed E-state index contributed by atoms with van der Waals surface area (Å²) >= 11 is 0. The molecule has 0 saturated heterocycles. The van der Waals surface area contributed by atoms with E-state index in [1.807, 2.05) is 0 Å². The lowest BCUT2D eigenvalue weighted by atomic mass is 10.0. The van der Waals surface area contributed by atoms with Gasteiger partial charge in [0.25, 0.3) is 0 Å². The van der Waals surface area contributed by atoms with Gasteiger partial charge in [0.2, 0.25) is 0 Å². The molecule has 0 heterocycles. The van der Waals surface area contributed by atoms with Crippen LogP contribution in [0.15, 0.2) is 13.2 Å². The number of carboxylic acids is 1. The second kappa shape index (κ2) is 31.2. The first-order valence-electron chi connectivity index (χ1n) is 10.1. The molecule has 1 N–H and O–H groups in total. The molecule has 0 rings (SSSR count). The fraction of sp³-hybridized carbons (Fsp3) is 0.773. The summed E-state index contributed by atoms with van der Waals surface area (Å²) in [6.45, 7) is 7.63. The van der Waals surface area contributed by atoms with Gasteiger partial charge in [-0.25, -0.2) is 9.59 Å². The van der Waals surface area contributed by atoms with Crippen LogP contribution in [0.1, 0.15) is 110 Å². The Labute approximate surface area is 160 Å². The van der Waals surface area contributed by atoms with Crippen molar-refractivity contribution in [2.75, 3.05) is 0 Å². The Balaban J connectivity index is -0.000000768. The van der Waals surface area contributed by atoms with Gasteiger partial charge >= 0.3 is 5.97 Å². The van der Waals surface area contributed by atoms with Crippen LogP contribution in [0.25, 0.3) is 0 Å². The molecule has 4 heteroatoms. The van der Waals surface area contributed by atoms with Crippen molar-refractivity contribution in [1.29, 1.82) is 0 Å². The lowest BCUT2D eigenvalue weighted by Crippen LogP contribution is -1.93. The lowest BCUT2D eigenvalue weighted by molar-refractivity contribution is -0.137. The fourth-order valence-corrected chi connectivity index (χ4v) is 2.65. The van der Waals surface area contributed by atoms with Crippen molar-refractivity contribution >= 4 is 17.9 Å². The monoisotopic (exact) mass is 368 g/mol. The average Bonchev–Trinajstić information content (AvgIpc) is 2.59. The Bertz CT molecular complexity index is 326. The van der Waals surface area contributed by atoms with Crippen LogP contribution in [-0.4, -0.2) is 23.0 Å². The number of carboxylic acid groups (broad SMARTS) is 1. The third kappa shape index (κ3) is 43.2. The maximum absolute atomic E-state index is 10.3. The molecule has 0 aliphatic rings. The minimum absolute atomic E-state index is 0.345. The minimum Gasteiger partial charge on any atom is -0.481 e. The van der Waals surface area contributed by atoms with E-state index in [2.05, 4.69) is 20.1 Å². The lowest BCUT2D eigenvalue weighted by Gasteiger charge is -2.03. The Hall–Kier alpha value is -1.63. The highest BCUT2D eigenvalue weighted by molar-refractivity contribution is 5.66. The number of unbranched alkanes of at least 4 members (excludes halogenated alkanes) is 14. The summed E-state index contributed by atoms with van der Waals surface area (Å²) in [7, 11) is 0. The van der Waals surface area contributed by atoms with Gasteiger partial charge in [0.15, 0.2) is 0 Å². The Morgan fingerprint density at radius 3 is 1.12 bits per heavy atom. The van der Waals surface area contributed by atoms with Crippen LogP contribution in [0, 0.1) is 0 Å². The molecule has 0 aromatic heterocycles. The quantitative estimate of drug-likeness (QED) is 0.255. The van der Waals surface area contributed by atoms with Crippen LogP contribution in [-0.2, 0) is 14.4 Å². The summed E-state index contributed by atoms with van der Waals surface area (Å²) < 4.78 is 0. The number of hydrogen-bond donors (Lipinski definition) is 1. The summed E-state index contributed by atoms with van der Waals surface area (Å²) in [6.07, 6.45) is 20.2. The van der Waals surface area contributed by atoms with Crippen molar-refractivity contribution in [1.82, 2.24) is 0 Å². The topological polar surface area (TPSA) is 71.4 Å². The fourth-order valence-electron chi connectivity index (χ4n) is 2.65. The molecule has 0 saturated carbocycles. The number of carbonyl (C=O) groups excluding carboxylic acids is 2. The number of hydrogen-bond acceptors (Lipinski definition) is 3. The molecule has 0 fully saturated rings. The summed E-state index contributed by atoms with van der Waals surface area (Å²) in [4.78, 5) is 27.5. The van der Waals surface area contributed by atoms with Crippen LogP contribution in [0.2, 0.25) is 0 Å². The largest absolute Gasteiger partial charge is 0.481 e. The van der Waals surface area contributed by atoms with E-state index in [4.69, 9.17) is 14.7 Å². The van der Waals surface area contributed by atoms with Gasteiger partial charge in [-0.1, -0.05) is 96.8 Å². The summed E-state index contributed by atoms with van der Waals surface area (Å²) in [6, 6.07) is 0. The molecular formula is C22H40O4. The first-order chi connectivity index (χ1) is 12.6. The Morgan fingerprint density at radius 2 is 0.885 bits per heavy atom. The van der Waals surface area contributed by atoms with Crippen LogP contribution in [0.4, 0.5) is 0 Å². The molecular weight excluding hydrogens is 328 g/mol. The predicted octanol–water partition coefficient (Wildman–Crippen LogP) is 6.34. The third-order valence-corrected chi connectivity index (χ3v) is 3.99. The first-order valence-corrected chi connectivity index (χ1v) is 10.1.